The summed E-state index contributed by atoms with van der Waals surface area (Å²) in [6, 6.07) is -0.627. The number of phosphoric acid groups is 3. The van der Waals surface area contributed by atoms with Crippen LogP contribution in [-0.4, -0.2) is 45.7 Å². The number of fused-ring (bicyclic) bond motifs is 1. The highest BCUT2D eigenvalue weighted by molar-refractivity contribution is 7.66. The molecule has 7 N–H and O–H groups in total. The highest BCUT2D eigenvalue weighted by Gasteiger charge is 2.41. The minimum atomic E-state index is -5.79. The molecule has 0 radical (unpaired) electrons. The van der Waals surface area contributed by atoms with Crippen LogP contribution in [0.4, 0.5) is 5.95 Å². The van der Waals surface area contributed by atoms with Crippen LogP contribution in [0.2, 0.25) is 0 Å². The van der Waals surface area contributed by atoms with Crippen LogP contribution >= 0.6 is 23.5 Å². The number of nitrogens with zero attached hydrogens (tertiary/aromatic N) is 3. The second kappa shape index (κ2) is 8.09. The highest BCUT2D eigenvalue weighted by Crippen LogP contribution is 2.66. The van der Waals surface area contributed by atoms with Gasteiger partial charge in [0, 0.05) is 5.92 Å². The molecular weight excluding hydrogens is 472 g/mol. The van der Waals surface area contributed by atoms with Crippen molar-refractivity contribution < 1.29 is 49.2 Å². The summed E-state index contributed by atoms with van der Waals surface area (Å²) >= 11 is 0. The van der Waals surface area contributed by atoms with Crippen LogP contribution in [0.3, 0.4) is 0 Å². The van der Waals surface area contributed by atoms with Gasteiger partial charge in [0.1, 0.15) is 0 Å². The number of imidazole rings is 1. The monoisotopic (exact) mass is 490 g/mol. The zero-order valence-electron chi connectivity index (χ0n) is 16.5. The van der Waals surface area contributed by atoms with Crippen molar-refractivity contribution in [2.45, 2.75) is 12.5 Å². The van der Waals surface area contributed by atoms with E-state index in [0.29, 0.717) is 0 Å². The summed E-state index contributed by atoms with van der Waals surface area (Å²) in [7, 11) is -17.1. The molecule has 2 aromatic rings. The molecule has 0 aliphatic heterocycles. The van der Waals surface area contributed by atoms with Gasteiger partial charge in [-0.2, -0.15) is 13.6 Å². The third-order valence-corrected chi connectivity index (χ3v) is 7.27. The zero-order valence-corrected chi connectivity index (χ0v) is 17.2. The average molecular weight is 490 g/mol. The predicted molar refractivity (Wildman–Crippen MR) is 98.7 cm³/mol. The Morgan fingerprint density at radius 1 is 1.23 bits per heavy atom. The van der Waals surface area contributed by atoms with Gasteiger partial charge in [-0.3, -0.25) is 14.3 Å². The van der Waals surface area contributed by atoms with E-state index in [4.69, 9.17) is 18.3 Å². The van der Waals surface area contributed by atoms with Gasteiger partial charge < -0.3 is 29.9 Å². The van der Waals surface area contributed by atoms with Gasteiger partial charge in [-0.25, -0.2) is 18.7 Å². The van der Waals surface area contributed by atoms with E-state index in [1.807, 2.05) is 0 Å². The molecule has 2 heterocycles. The maximum atomic E-state index is 12.0. The first-order chi connectivity index (χ1) is 14.5. The molecule has 0 fully saturated rings. The lowest BCUT2D eigenvalue weighted by Crippen LogP contribution is -2.14. The molecule has 0 bridgehead atoms. The zero-order chi connectivity index (χ0) is 24.1. The summed E-state index contributed by atoms with van der Waals surface area (Å²) < 4.78 is 62.7. The van der Waals surface area contributed by atoms with Gasteiger partial charge in [0.05, 0.1) is 21.7 Å². The Kier molecular flexibility index (Phi) is 5.45. The smallest absolute Gasteiger partial charge is 0.369 e. The fourth-order valence-electron chi connectivity index (χ4n) is 2.59. The first-order valence-corrected chi connectivity index (χ1v) is 12.3. The van der Waals surface area contributed by atoms with Crippen molar-refractivity contribution in [1.29, 1.82) is 0 Å². The minimum absolute atomic E-state index is 0.0210. The van der Waals surface area contributed by atoms with Crippen LogP contribution in [-0.2, 0) is 26.8 Å². The Hall–Kier alpha value is -1.70. The number of anilines is 1. The van der Waals surface area contributed by atoms with Gasteiger partial charge in [0.25, 0.3) is 5.56 Å². The van der Waals surface area contributed by atoms with Crippen LogP contribution in [0.1, 0.15) is 15.2 Å². The Labute approximate surface area is 169 Å². The van der Waals surface area contributed by atoms with Crippen molar-refractivity contribution in [2.75, 3.05) is 12.3 Å². The molecule has 0 spiro atoms. The number of nitrogens with two attached hydrogens (primary N) is 1. The molecular formula is C11H16N5O11P3. The molecule has 2 unspecified atom stereocenters. The fraction of sp³-hybridized carbons (Fsp3) is 0.364. The number of aromatic nitrogens is 4. The van der Waals surface area contributed by atoms with Crippen LogP contribution in [0, 0.1) is 5.92 Å². The molecule has 19 heteroatoms. The van der Waals surface area contributed by atoms with Crippen molar-refractivity contribution in [3.05, 3.63) is 28.8 Å². The Morgan fingerprint density at radius 2 is 1.93 bits per heavy atom. The van der Waals surface area contributed by atoms with Crippen molar-refractivity contribution in [1.82, 2.24) is 19.5 Å². The molecule has 0 saturated carbocycles. The van der Waals surface area contributed by atoms with Crippen LogP contribution < -0.4 is 11.3 Å². The van der Waals surface area contributed by atoms with Crippen LogP contribution in [0.15, 0.2) is 23.3 Å². The average Bonchev–Trinajstić information content (AvgIpc) is 3.16. The lowest BCUT2D eigenvalue weighted by molar-refractivity contribution is 0.159. The standard InChI is InChI=1S/C11H16N5O11P3/c12-11-14-9-8(10(17)15-11)13-5-16(9)7-2-1-6(3-7)4-25-29(21,22)27-30(23,24)26-28(18,19)20/h1-2,5-7H,3-4H2,(H,21,22)(H,23,24)(H2,18,19,20)(H3,12,14,15,17)/t6-,7+/m1/s1/i4D2,5+1. The van der Waals surface area contributed by atoms with E-state index in [1.54, 1.807) is 0 Å². The van der Waals surface area contributed by atoms with Gasteiger partial charge in [0.2, 0.25) is 5.95 Å². The maximum absolute atomic E-state index is 12.0. The molecule has 166 valence electrons. The van der Waals surface area contributed by atoms with E-state index < -0.39 is 47.5 Å². The second-order valence-electron chi connectivity index (χ2n) is 5.87. The van der Waals surface area contributed by atoms with Gasteiger partial charge in [-0.15, -0.1) is 0 Å². The summed E-state index contributed by atoms with van der Waals surface area (Å²) in [6.07, 6.45) is 3.92. The van der Waals surface area contributed by atoms with E-state index in [9.17, 15) is 28.3 Å². The second-order valence-corrected chi connectivity index (χ2v) is 10.2. The van der Waals surface area contributed by atoms with Crippen molar-refractivity contribution in [3.63, 3.8) is 0 Å². The minimum Gasteiger partial charge on any atom is -0.369 e. The highest BCUT2D eigenvalue weighted by atomic mass is 31.3. The summed E-state index contributed by atoms with van der Waals surface area (Å²) in [5, 5.41) is 0. The lowest BCUT2D eigenvalue weighted by Gasteiger charge is -2.18. The van der Waals surface area contributed by atoms with E-state index in [1.165, 1.54) is 23.0 Å². The summed E-state index contributed by atoms with van der Waals surface area (Å²) in [4.78, 5) is 57.9. The maximum Gasteiger partial charge on any atom is 0.490 e. The van der Waals surface area contributed by atoms with Crippen molar-refractivity contribution >= 4 is 40.6 Å². The number of aromatic amines is 1. The SMILES string of the molecule is [2H]C([2H])(OP(=O)(O)OP(=O)(O)OP(=O)(O)O)[C@@H]1C=C[C@H](n2[13cH]nc3c(=O)[nH]c(N)nc32)C1. The fourth-order valence-corrected chi connectivity index (χ4v) is 5.50. The molecule has 1 aliphatic carbocycles. The number of H-pyrrole nitrogens is 1. The molecule has 16 nitrogen and oxygen atoms in total. The molecule has 1 aliphatic rings. The van der Waals surface area contributed by atoms with Gasteiger partial charge in [-0.05, 0) is 6.42 Å². The molecule has 0 saturated heterocycles. The lowest BCUT2D eigenvalue weighted by atomic mass is 10.1. The summed E-state index contributed by atoms with van der Waals surface area (Å²) in [6.45, 7) is -2.96. The number of phosphoric ester groups is 1. The summed E-state index contributed by atoms with van der Waals surface area (Å²) in [5.74, 6) is -1.39. The van der Waals surface area contributed by atoms with E-state index in [-0.39, 0.29) is 23.5 Å². The number of allylic oxidation sites excluding steroid dienone is 1. The van der Waals surface area contributed by atoms with Gasteiger partial charge in [-0.1, -0.05) is 12.2 Å². The third-order valence-electron chi connectivity index (χ3n) is 3.60. The summed E-state index contributed by atoms with van der Waals surface area (Å²) in [5.41, 5.74) is 5.02. The van der Waals surface area contributed by atoms with Gasteiger partial charge in [0.15, 0.2) is 11.2 Å². The Balaban J connectivity index is 1.75. The van der Waals surface area contributed by atoms with Crippen molar-refractivity contribution in [2.24, 2.45) is 5.92 Å². The molecule has 4 atom stereocenters. The normalized spacial score (nSPS) is 24.9. The topological polar surface area (TPSA) is 249 Å². The number of nitrogen functional groups attached to an aromatic ring is 1. The van der Waals surface area contributed by atoms with Crippen molar-refractivity contribution in [3.8, 4) is 0 Å². The van der Waals surface area contributed by atoms with Crippen LogP contribution in [0.5, 0.6) is 0 Å². The van der Waals surface area contributed by atoms with Gasteiger partial charge >= 0.3 is 23.5 Å². The van der Waals surface area contributed by atoms with E-state index in [2.05, 4.69) is 28.1 Å². The molecule has 0 aromatic carbocycles. The van der Waals surface area contributed by atoms with Crippen LogP contribution in [0.25, 0.3) is 11.2 Å². The first kappa shape index (κ1) is 20.2. The van der Waals surface area contributed by atoms with E-state index >= 15 is 0 Å². The molecule has 30 heavy (non-hydrogen) atoms. The largest absolute Gasteiger partial charge is 0.490 e. The quantitative estimate of drug-likeness (QED) is 0.213. The third kappa shape index (κ3) is 5.71. The molecule has 3 rings (SSSR count). The number of rotatable bonds is 8. The predicted octanol–water partition coefficient (Wildman–Crippen LogP) is 0.162. The molecule has 0 amide bonds. The number of hydrogen-bond donors (Lipinski definition) is 6. The number of nitrogens with one attached hydrogen (secondary N) is 1. The Bertz CT molecular complexity index is 1270. The number of hydrogen-bond acceptors (Lipinski definition) is 10. The molecule has 2 aromatic heterocycles. The Morgan fingerprint density at radius 3 is 2.60 bits per heavy atom. The first-order valence-electron chi connectivity index (χ1n) is 8.73. The van der Waals surface area contributed by atoms with E-state index in [0.717, 1.165) is 0 Å².